The van der Waals surface area contributed by atoms with Gasteiger partial charge in [-0.25, -0.2) is 4.98 Å². The summed E-state index contributed by atoms with van der Waals surface area (Å²) in [6, 6.07) is 12.0. The third-order valence-electron chi connectivity index (χ3n) is 4.48. The lowest BCUT2D eigenvalue weighted by Crippen LogP contribution is -2.33. The summed E-state index contributed by atoms with van der Waals surface area (Å²) in [4.78, 5) is 41.2. The summed E-state index contributed by atoms with van der Waals surface area (Å²) in [6.45, 7) is 5.35. The van der Waals surface area contributed by atoms with Crippen molar-refractivity contribution in [3.8, 4) is 0 Å². The number of anilines is 1. The van der Waals surface area contributed by atoms with Gasteiger partial charge in [-0.3, -0.25) is 18.8 Å². The highest BCUT2D eigenvalue weighted by molar-refractivity contribution is 6.09. The van der Waals surface area contributed by atoms with Gasteiger partial charge in [0.05, 0.1) is 5.52 Å². The molecule has 0 spiro atoms. The van der Waals surface area contributed by atoms with E-state index in [4.69, 9.17) is 0 Å². The molecule has 0 radical (unpaired) electrons. The Morgan fingerprint density at radius 1 is 1.11 bits per heavy atom. The van der Waals surface area contributed by atoms with Crippen LogP contribution in [0, 0.1) is 0 Å². The van der Waals surface area contributed by atoms with E-state index >= 15 is 0 Å². The monoisotopic (exact) mass is 378 g/mol. The minimum Gasteiger partial charge on any atom is -0.347 e. The minimum atomic E-state index is -0.452. The maximum absolute atomic E-state index is 12.8. The first-order chi connectivity index (χ1) is 13.4. The fraction of sp³-hybridized carbons (Fsp3) is 0.238. The third-order valence-corrected chi connectivity index (χ3v) is 4.48. The summed E-state index contributed by atoms with van der Waals surface area (Å²) in [5, 5.41) is 5.62. The molecule has 0 saturated heterocycles. The lowest BCUT2D eigenvalue weighted by Gasteiger charge is -2.10. The van der Waals surface area contributed by atoms with Gasteiger partial charge in [0.2, 0.25) is 5.82 Å². The molecular formula is C21H22N4O3. The lowest BCUT2D eigenvalue weighted by atomic mass is 10.1. The Hall–Kier alpha value is -3.48. The molecule has 2 heterocycles. The van der Waals surface area contributed by atoms with Gasteiger partial charge in [-0.15, -0.1) is 0 Å². The maximum Gasteiger partial charge on any atom is 0.287 e. The minimum absolute atomic E-state index is 0.00448. The van der Waals surface area contributed by atoms with Crippen LogP contribution in [-0.4, -0.2) is 33.0 Å². The molecule has 0 aliphatic rings. The van der Waals surface area contributed by atoms with Crippen molar-refractivity contribution in [1.82, 2.24) is 14.7 Å². The van der Waals surface area contributed by atoms with E-state index < -0.39 is 5.91 Å². The van der Waals surface area contributed by atoms with Crippen LogP contribution in [0.5, 0.6) is 0 Å². The molecule has 0 fully saturated rings. The molecular weight excluding hydrogens is 356 g/mol. The number of pyridine rings is 1. The number of hydrogen-bond acceptors (Lipinski definition) is 4. The third kappa shape index (κ3) is 3.93. The van der Waals surface area contributed by atoms with Crippen LogP contribution < -0.4 is 10.6 Å². The number of hydrogen-bond donors (Lipinski definition) is 2. The summed E-state index contributed by atoms with van der Waals surface area (Å²) < 4.78 is 1.60. The van der Waals surface area contributed by atoms with Gasteiger partial charge in [0.25, 0.3) is 11.8 Å². The summed E-state index contributed by atoms with van der Waals surface area (Å²) >= 11 is 0. The number of aromatic nitrogens is 2. The number of nitrogens with zero attached hydrogens (tertiary/aromatic N) is 2. The van der Waals surface area contributed by atoms with Gasteiger partial charge in [0.1, 0.15) is 0 Å². The molecule has 2 amide bonds. The molecule has 7 heteroatoms. The van der Waals surface area contributed by atoms with Gasteiger partial charge in [-0.1, -0.05) is 25.1 Å². The van der Waals surface area contributed by atoms with Gasteiger partial charge in [0, 0.05) is 23.5 Å². The molecule has 1 unspecified atom stereocenters. The van der Waals surface area contributed by atoms with E-state index in [2.05, 4.69) is 15.6 Å². The number of imidazole rings is 1. The number of Topliss-reactive ketones (excluding diaryl/α,β-unsaturated/α-hetero) is 1. The summed E-state index contributed by atoms with van der Waals surface area (Å²) in [5.41, 5.74) is 1.65. The van der Waals surface area contributed by atoms with Crippen LogP contribution in [0.15, 0.2) is 48.7 Å². The molecule has 0 aliphatic heterocycles. The van der Waals surface area contributed by atoms with E-state index in [-0.39, 0.29) is 29.3 Å². The van der Waals surface area contributed by atoms with Gasteiger partial charge < -0.3 is 10.6 Å². The number of rotatable bonds is 6. The van der Waals surface area contributed by atoms with Crippen LogP contribution in [0.1, 0.15) is 58.7 Å². The fourth-order valence-electron chi connectivity index (χ4n) is 2.76. The molecule has 7 nitrogen and oxygen atoms in total. The summed E-state index contributed by atoms with van der Waals surface area (Å²) in [5.74, 6) is -0.730. The zero-order valence-corrected chi connectivity index (χ0v) is 16.0. The number of fused-ring (bicyclic) bond motifs is 1. The smallest absolute Gasteiger partial charge is 0.287 e. The highest BCUT2D eigenvalue weighted by atomic mass is 16.2. The summed E-state index contributed by atoms with van der Waals surface area (Å²) in [6.07, 6.45) is 2.48. The number of ketones is 1. The molecule has 2 aromatic heterocycles. The quantitative estimate of drug-likeness (QED) is 0.644. The van der Waals surface area contributed by atoms with E-state index in [0.29, 0.717) is 16.8 Å². The zero-order valence-electron chi connectivity index (χ0n) is 16.0. The van der Waals surface area contributed by atoms with Gasteiger partial charge in [-0.05, 0) is 44.5 Å². The van der Waals surface area contributed by atoms with Gasteiger partial charge in [-0.2, -0.15) is 0 Å². The number of carbonyl (C=O) groups is 3. The second-order valence-corrected chi connectivity index (χ2v) is 6.61. The molecule has 0 saturated carbocycles. The Morgan fingerprint density at radius 2 is 1.89 bits per heavy atom. The highest BCUT2D eigenvalue weighted by Crippen LogP contribution is 2.17. The van der Waals surface area contributed by atoms with E-state index in [0.717, 1.165) is 6.42 Å². The fourth-order valence-corrected chi connectivity index (χ4v) is 2.76. The maximum atomic E-state index is 12.8. The van der Waals surface area contributed by atoms with E-state index in [1.165, 1.54) is 6.92 Å². The molecule has 144 valence electrons. The second-order valence-electron chi connectivity index (χ2n) is 6.61. The van der Waals surface area contributed by atoms with Crippen molar-refractivity contribution >= 4 is 28.8 Å². The Kier molecular flexibility index (Phi) is 5.54. The van der Waals surface area contributed by atoms with Crippen LogP contribution in [0.3, 0.4) is 0 Å². The SMILES string of the molecule is CCC(C)NC(=O)c1nc(C(=O)Nc2cccc(C(C)=O)c2)c2ccccn12. The van der Waals surface area contributed by atoms with Crippen molar-refractivity contribution in [3.63, 3.8) is 0 Å². The standard InChI is InChI=1S/C21H22N4O3/c1-4-13(2)22-21(28)19-24-18(17-10-5-6-11-25(17)19)20(27)23-16-9-7-8-15(12-16)14(3)26/h5-13H,4H2,1-3H3,(H,22,28)(H,23,27). The van der Waals surface area contributed by atoms with Crippen molar-refractivity contribution in [2.45, 2.75) is 33.2 Å². The van der Waals surface area contributed by atoms with Crippen molar-refractivity contribution < 1.29 is 14.4 Å². The van der Waals surface area contributed by atoms with Crippen LogP contribution in [0.4, 0.5) is 5.69 Å². The molecule has 1 aromatic carbocycles. The van der Waals surface area contributed by atoms with Gasteiger partial charge >= 0.3 is 0 Å². The van der Waals surface area contributed by atoms with Crippen molar-refractivity contribution in [2.75, 3.05) is 5.32 Å². The Bertz CT molecular complexity index is 1050. The Balaban J connectivity index is 1.94. The molecule has 1 atom stereocenters. The predicted octanol–water partition coefficient (Wildman–Crippen LogP) is 3.32. The average molecular weight is 378 g/mol. The largest absolute Gasteiger partial charge is 0.347 e. The van der Waals surface area contributed by atoms with Crippen LogP contribution in [-0.2, 0) is 0 Å². The molecule has 3 aromatic rings. The average Bonchev–Trinajstić information content (AvgIpc) is 3.08. The van der Waals surface area contributed by atoms with Crippen LogP contribution in [0.2, 0.25) is 0 Å². The normalized spacial score (nSPS) is 11.8. The second kappa shape index (κ2) is 8.04. The number of nitrogens with one attached hydrogen (secondary N) is 2. The highest BCUT2D eigenvalue weighted by Gasteiger charge is 2.22. The lowest BCUT2D eigenvalue weighted by molar-refractivity contribution is 0.0927. The van der Waals surface area contributed by atoms with Crippen molar-refractivity contribution in [3.05, 3.63) is 65.7 Å². The molecule has 0 bridgehead atoms. The first-order valence-corrected chi connectivity index (χ1v) is 9.11. The number of benzene rings is 1. The summed E-state index contributed by atoms with van der Waals surface area (Å²) in [7, 11) is 0. The molecule has 28 heavy (non-hydrogen) atoms. The topological polar surface area (TPSA) is 92.6 Å². The number of amides is 2. The zero-order chi connectivity index (χ0) is 20.3. The predicted molar refractivity (Wildman–Crippen MR) is 107 cm³/mol. The molecule has 0 aliphatic carbocycles. The van der Waals surface area contributed by atoms with Crippen LogP contribution in [0.25, 0.3) is 5.52 Å². The van der Waals surface area contributed by atoms with Crippen LogP contribution >= 0.6 is 0 Å². The van der Waals surface area contributed by atoms with E-state index in [1.807, 2.05) is 13.8 Å². The Labute approximate surface area is 162 Å². The first kappa shape index (κ1) is 19.3. The Morgan fingerprint density at radius 3 is 2.61 bits per heavy atom. The molecule has 3 rings (SSSR count). The van der Waals surface area contributed by atoms with Gasteiger partial charge in [0.15, 0.2) is 11.5 Å². The number of carbonyl (C=O) groups excluding carboxylic acids is 3. The van der Waals surface area contributed by atoms with E-state index in [1.54, 1.807) is 53.1 Å². The van der Waals surface area contributed by atoms with Crippen molar-refractivity contribution in [1.29, 1.82) is 0 Å². The van der Waals surface area contributed by atoms with E-state index in [9.17, 15) is 14.4 Å². The first-order valence-electron chi connectivity index (χ1n) is 9.11. The molecule has 2 N–H and O–H groups in total. The van der Waals surface area contributed by atoms with Crippen molar-refractivity contribution in [2.24, 2.45) is 0 Å².